The minimum Gasteiger partial charge on any atom is -0.494 e. The molecule has 0 saturated carbocycles. The van der Waals surface area contributed by atoms with E-state index in [1.807, 2.05) is 18.2 Å². The molecule has 35 heavy (non-hydrogen) atoms. The smallest absolute Gasteiger partial charge is 0.187 e. The summed E-state index contributed by atoms with van der Waals surface area (Å²) in [7, 11) is 4.92. The number of anilines is 2. The van der Waals surface area contributed by atoms with Gasteiger partial charge in [-0.05, 0) is 29.8 Å². The predicted molar refractivity (Wildman–Crippen MR) is 134 cm³/mol. The lowest BCUT2D eigenvalue weighted by atomic mass is 9.82. The van der Waals surface area contributed by atoms with E-state index >= 15 is 0 Å². The maximum absolute atomic E-state index is 13.6. The molecule has 4 aromatic rings. The molecule has 2 heterocycles. The SMILES string of the molecule is COc1cc(Nc2nc3c(s2)CC(OC)(OC)CC3c2ccc(F)cc2)ccc1-n1cnc(Cl)c1. The number of aromatic nitrogens is 3. The molecule has 7 nitrogen and oxygen atoms in total. The van der Waals surface area contributed by atoms with Gasteiger partial charge >= 0.3 is 0 Å². The van der Waals surface area contributed by atoms with Gasteiger partial charge in [-0.1, -0.05) is 23.7 Å². The van der Waals surface area contributed by atoms with Crippen LogP contribution in [-0.4, -0.2) is 41.7 Å². The molecule has 182 valence electrons. The molecule has 2 aromatic heterocycles. The minimum atomic E-state index is -0.771. The number of rotatable bonds is 7. The van der Waals surface area contributed by atoms with Crippen LogP contribution in [-0.2, 0) is 15.9 Å². The van der Waals surface area contributed by atoms with Crippen LogP contribution in [0.5, 0.6) is 5.75 Å². The van der Waals surface area contributed by atoms with E-state index in [9.17, 15) is 4.39 Å². The zero-order valence-corrected chi connectivity index (χ0v) is 21.0. The molecular formula is C25H24ClFN4O3S. The van der Waals surface area contributed by atoms with Crippen molar-refractivity contribution in [1.29, 1.82) is 0 Å². The van der Waals surface area contributed by atoms with Crippen LogP contribution in [0.1, 0.15) is 28.5 Å². The summed E-state index contributed by atoms with van der Waals surface area (Å²) in [6, 6.07) is 12.3. The number of hydrogen-bond acceptors (Lipinski definition) is 7. The fourth-order valence-corrected chi connectivity index (χ4v) is 5.71. The molecule has 0 radical (unpaired) electrons. The number of thiazole rings is 1. The molecular weight excluding hydrogens is 491 g/mol. The first-order valence-corrected chi connectivity index (χ1v) is 12.1. The lowest BCUT2D eigenvalue weighted by Gasteiger charge is -2.37. The second-order valence-electron chi connectivity index (χ2n) is 8.25. The van der Waals surface area contributed by atoms with Crippen LogP contribution in [0.4, 0.5) is 15.2 Å². The molecule has 1 aliphatic carbocycles. The van der Waals surface area contributed by atoms with Gasteiger partial charge in [-0.25, -0.2) is 14.4 Å². The van der Waals surface area contributed by atoms with E-state index < -0.39 is 5.79 Å². The second-order valence-corrected chi connectivity index (χ2v) is 9.72. The number of halogens is 2. The summed E-state index contributed by atoms with van der Waals surface area (Å²) in [5.41, 5.74) is 3.56. The van der Waals surface area contributed by atoms with E-state index in [0.29, 0.717) is 23.7 Å². The molecule has 0 saturated heterocycles. The average molecular weight is 515 g/mol. The summed E-state index contributed by atoms with van der Waals surface area (Å²) in [6.45, 7) is 0. The molecule has 1 N–H and O–H groups in total. The number of hydrogen-bond donors (Lipinski definition) is 1. The number of benzene rings is 2. The van der Waals surface area contributed by atoms with Crippen molar-refractivity contribution < 1.29 is 18.6 Å². The quantitative estimate of drug-likeness (QED) is 0.308. The number of fused-ring (bicyclic) bond motifs is 1. The summed E-state index contributed by atoms with van der Waals surface area (Å²) in [6.07, 6.45) is 4.51. The zero-order chi connectivity index (χ0) is 24.6. The van der Waals surface area contributed by atoms with Crippen molar-refractivity contribution >= 4 is 33.8 Å². The van der Waals surface area contributed by atoms with E-state index in [4.69, 9.17) is 30.8 Å². The third-order valence-corrected chi connectivity index (χ3v) is 7.46. The van der Waals surface area contributed by atoms with Gasteiger partial charge in [0.25, 0.3) is 0 Å². The highest BCUT2D eigenvalue weighted by molar-refractivity contribution is 7.15. The molecule has 1 unspecified atom stereocenters. The van der Waals surface area contributed by atoms with Crippen LogP contribution in [0.15, 0.2) is 55.0 Å². The van der Waals surface area contributed by atoms with Crippen LogP contribution < -0.4 is 10.1 Å². The van der Waals surface area contributed by atoms with E-state index in [-0.39, 0.29) is 11.7 Å². The highest BCUT2D eigenvalue weighted by atomic mass is 35.5. The van der Waals surface area contributed by atoms with Crippen molar-refractivity contribution in [1.82, 2.24) is 14.5 Å². The number of ether oxygens (including phenoxy) is 3. The average Bonchev–Trinajstić information content (AvgIpc) is 3.49. The zero-order valence-electron chi connectivity index (χ0n) is 19.4. The molecule has 1 atom stereocenters. The number of methoxy groups -OCH3 is 3. The summed E-state index contributed by atoms with van der Waals surface area (Å²) in [4.78, 5) is 10.1. The first kappa shape index (κ1) is 23.7. The van der Waals surface area contributed by atoms with E-state index in [1.54, 1.807) is 61.9 Å². The molecule has 1 aliphatic rings. The number of nitrogens with one attached hydrogen (secondary N) is 1. The third-order valence-electron chi connectivity index (χ3n) is 6.28. The first-order valence-electron chi connectivity index (χ1n) is 10.9. The number of nitrogens with zero attached hydrogens (tertiary/aromatic N) is 3. The van der Waals surface area contributed by atoms with E-state index in [0.717, 1.165) is 32.6 Å². The van der Waals surface area contributed by atoms with Gasteiger partial charge in [0.1, 0.15) is 23.0 Å². The van der Waals surface area contributed by atoms with Crippen molar-refractivity contribution in [3.63, 3.8) is 0 Å². The van der Waals surface area contributed by atoms with E-state index in [1.165, 1.54) is 12.1 Å². The summed E-state index contributed by atoms with van der Waals surface area (Å²) in [5.74, 6) is -0.473. The van der Waals surface area contributed by atoms with Crippen LogP contribution in [0.3, 0.4) is 0 Å². The highest BCUT2D eigenvalue weighted by Crippen LogP contribution is 2.46. The van der Waals surface area contributed by atoms with Crippen molar-refractivity contribution in [2.45, 2.75) is 24.5 Å². The van der Waals surface area contributed by atoms with Crippen LogP contribution >= 0.6 is 22.9 Å². The van der Waals surface area contributed by atoms with Crippen molar-refractivity contribution in [2.24, 2.45) is 0 Å². The van der Waals surface area contributed by atoms with Gasteiger partial charge in [0.05, 0.1) is 18.5 Å². The Hall–Kier alpha value is -2.98. The standard InChI is InChI=1S/C25H24ClFN4O3S/c1-32-20-10-17(8-9-19(20)31-13-22(26)28-14-31)29-24-30-23-18(15-4-6-16(27)7-5-15)11-25(33-2,34-3)12-21(23)35-24/h4-10,13-14,18H,11-12H2,1-3H3,(H,29,30). The van der Waals surface area contributed by atoms with Gasteiger partial charge in [-0.3, -0.25) is 0 Å². The summed E-state index contributed by atoms with van der Waals surface area (Å²) < 4.78 is 32.6. The van der Waals surface area contributed by atoms with Gasteiger partial charge in [0.2, 0.25) is 0 Å². The Morgan fingerprint density at radius 2 is 1.91 bits per heavy atom. The lowest BCUT2D eigenvalue weighted by molar-refractivity contribution is -0.214. The summed E-state index contributed by atoms with van der Waals surface area (Å²) >= 11 is 7.52. The second kappa shape index (κ2) is 9.58. The molecule has 0 aliphatic heterocycles. The first-order chi connectivity index (χ1) is 16.9. The molecule has 10 heteroatoms. The molecule has 0 amide bonds. The van der Waals surface area contributed by atoms with Crippen LogP contribution in [0.25, 0.3) is 5.69 Å². The molecule has 0 spiro atoms. The fraction of sp³-hybridized carbons (Fsp3) is 0.280. The van der Waals surface area contributed by atoms with Gasteiger partial charge in [0, 0.05) is 55.8 Å². The monoisotopic (exact) mass is 514 g/mol. The summed E-state index contributed by atoms with van der Waals surface area (Å²) in [5, 5.41) is 4.54. The molecule has 2 aromatic carbocycles. The third kappa shape index (κ3) is 4.64. The van der Waals surface area contributed by atoms with Crippen molar-refractivity contribution in [3.05, 3.63) is 82.1 Å². The lowest BCUT2D eigenvalue weighted by Crippen LogP contribution is -2.41. The van der Waals surface area contributed by atoms with Gasteiger partial charge in [0.15, 0.2) is 10.9 Å². The van der Waals surface area contributed by atoms with Crippen molar-refractivity contribution in [2.75, 3.05) is 26.6 Å². The molecule has 5 rings (SSSR count). The van der Waals surface area contributed by atoms with Crippen LogP contribution in [0.2, 0.25) is 5.15 Å². The fourth-order valence-electron chi connectivity index (χ4n) is 4.43. The Kier molecular flexibility index (Phi) is 6.50. The Morgan fingerprint density at radius 1 is 1.14 bits per heavy atom. The Labute approximate surface area is 211 Å². The molecule has 0 fully saturated rings. The van der Waals surface area contributed by atoms with Gasteiger partial charge in [-0.2, -0.15) is 0 Å². The van der Waals surface area contributed by atoms with Crippen molar-refractivity contribution in [3.8, 4) is 11.4 Å². The molecule has 0 bridgehead atoms. The van der Waals surface area contributed by atoms with Gasteiger partial charge < -0.3 is 24.1 Å². The van der Waals surface area contributed by atoms with Crippen LogP contribution in [0, 0.1) is 5.82 Å². The largest absolute Gasteiger partial charge is 0.494 e. The normalized spacial score (nSPS) is 16.7. The maximum Gasteiger partial charge on any atom is 0.187 e. The Bertz CT molecular complexity index is 1340. The Balaban J connectivity index is 1.47. The predicted octanol–water partition coefficient (Wildman–Crippen LogP) is 5.94. The number of imidazole rings is 1. The Morgan fingerprint density at radius 3 is 2.57 bits per heavy atom. The maximum atomic E-state index is 13.6. The topological polar surface area (TPSA) is 70.4 Å². The minimum absolute atomic E-state index is 0.0889. The van der Waals surface area contributed by atoms with E-state index in [2.05, 4.69) is 10.3 Å². The highest BCUT2D eigenvalue weighted by Gasteiger charge is 2.42. The van der Waals surface area contributed by atoms with Gasteiger partial charge in [-0.15, -0.1) is 11.3 Å².